The average Bonchev–Trinajstić information content (AvgIpc) is 1.63. The van der Waals surface area contributed by atoms with Crippen LogP contribution in [-0.4, -0.2) is 12.2 Å². The normalized spacial score (nSPS) is 11.4. The third-order valence-corrected chi connectivity index (χ3v) is 1.09. The Kier molecular flexibility index (Phi) is 3.89. The molecule has 0 aromatic rings. The van der Waals surface area contributed by atoms with Crippen molar-refractivity contribution in [3.63, 3.8) is 0 Å². The molecule has 53 valence electrons. The van der Waals surface area contributed by atoms with Crippen molar-refractivity contribution in [3.8, 4) is 0 Å². The lowest BCUT2D eigenvalue weighted by atomic mass is 9.98. The summed E-state index contributed by atoms with van der Waals surface area (Å²) in [4.78, 5) is 9.67. The fourth-order valence-corrected chi connectivity index (χ4v) is 0.846. The first-order valence-corrected chi connectivity index (χ1v) is 3.64. The molecule has 0 rings (SSSR count). The number of rotatable bonds is 3. The van der Waals surface area contributed by atoms with Gasteiger partial charge in [-0.1, -0.05) is 20.8 Å². The van der Waals surface area contributed by atoms with Crippen molar-refractivity contribution in [1.82, 2.24) is 4.72 Å². The molecule has 1 radical (unpaired) electrons. The highest BCUT2D eigenvalue weighted by Crippen LogP contribution is 2.11. The number of hydrogen-bond acceptors (Lipinski definition) is 3. The molecule has 0 atom stereocenters. The third-order valence-electron chi connectivity index (χ3n) is 0.716. The molecule has 0 unspecified atom stereocenters. The predicted octanol–water partition coefficient (Wildman–Crippen LogP) is 1.34. The zero-order valence-corrected chi connectivity index (χ0v) is 6.84. The maximum absolute atomic E-state index is 9.67. The van der Waals surface area contributed by atoms with Crippen molar-refractivity contribution >= 4 is 17.6 Å². The molecule has 0 saturated carbocycles. The first kappa shape index (κ1) is 8.98. The lowest BCUT2D eigenvalue weighted by Crippen LogP contribution is -2.21. The lowest BCUT2D eigenvalue weighted by molar-refractivity contribution is 0.416. The van der Waals surface area contributed by atoms with Crippen LogP contribution in [0.15, 0.2) is 0 Å². The molecule has 0 heterocycles. The standard InChI is InChI=1S/C6H12NOS/c1-6(2,3)4-7-9-5-8/h7H,4H2,1-3H3. The first-order chi connectivity index (χ1) is 4.06. The van der Waals surface area contributed by atoms with Gasteiger partial charge in [0.05, 0.1) is 0 Å². The molecule has 0 spiro atoms. The molecule has 0 aliphatic rings. The molecule has 0 aromatic carbocycles. The minimum Gasteiger partial charge on any atom is -0.276 e. The van der Waals surface area contributed by atoms with E-state index in [9.17, 15) is 4.79 Å². The van der Waals surface area contributed by atoms with E-state index >= 15 is 0 Å². The molecule has 9 heavy (non-hydrogen) atoms. The van der Waals surface area contributed by atoms with Crippen LogP contribution in [0.25, 0.3) is 0 Å². The van der Waals surface area contributed by atoms with Crippen molar-refractivity contribution in [1.29, 1.82) is 0 Å². The second-order valence-corrected chi connectivity index (χ2v) is 3.73. The molecule has 0 bridgehead atoms. The van der Waals surface area contributed by atoms with Crippen molar-refractivity contribution in [3.05, 3.63) is 0 Å². The zero-order valence-electron chi connectivity index (χ0n) is 6.02. The summed E-state index contributed by atoms with van der Waals surface area (Å²) in [7, 11) is 0. The Labute approximate surface area is 60.5 Å². The van der Waals surface area contributed by atoms with Gasteiger partial charge in [-0.15, -0.1) is 0 Å². The lowest BCUT2D eigenvalue weighted by Gasteiger charge is -2.16. The number of hydrogen-bond donors (Lipinski definition) is 1. The highest BCUT2D eigenvalue weighted by molar-refractivity contribution is 8.10. The number of nitrogens with one attached hydrogen (secondary N) is 1. The van der Waals surface area contributed by atoms with E-state index in [1.54, 1.807) is 5.62 Å². The molecule has 0 saturated heterocycles. The Morgan fingerprint density at radius 1 is 1.56 bits per heavy atom. The van der Waals surface area contributed by atoms with Crippen molar-refractivity contribution in [2.24, 2.45) is 5.41 Å². The van der Waals surface area contributed by atoms with E-state index in [1.807, 2.05) is 0 Å². The highest BCUT2D eigenvalue weighted by atomic mass is 32.2. The summed E-state index contributed by atoms with van der Waals surface area (Å²) in [6, 6.07) is 0. The molecule has 0 aromatic heterocycles. The summed E-state index contributed by atoms with van der Waals surface area (Å²) in [6.45, 7) is 7.13. The van der Waals surface area contributed by atoms with Crippen LogP contribution in [0.3, 0.4) is 0 Å². The van der Waals surface area contributed by atoms with Gasteiger partial charge in [-0.25, -0.2) is 0 Å². The van der Waals surface area contributed by atoms with Gasteiger partial charge in [0.1, 0.15) is 0 Å². The van der Waals surface area contributed by atoms with Gasteiger partial charge in [0.25, 0.3) is 5.62 Å². The predicted molar refractivity (Wildman–Crippen MR) is 40.7 cm³/mol. The van der Waals surface area contributed by atoms with Gasteiger partial charge >= 0.3 is 0 Å². The van der Waals surface area contributed by atoms with E-state index in [0.717, 1.165) is 18.5 Å². The van der Waals surface area contributed by atoms with Gasteiger partial charge in [-0.3, -0.25) is 9.52 Å². The van der Waals surface area contributed by atoms with Crippen LogP contribution in [0, 0.1) is 5.41 Å². The summed E-state index contributed by atoms with van der Waals surface area (Å²) in [6.07, 6.45) is 0. The topological polar surface area (TPSA) is 29.1 Å². The van der Waals surface area contributed by atoms with E-state index in [1.165, 1.54) is 0 Å². The van der Waals surface area contributed by atoms with Crippen molar-refractivity contribution in [2.45, 2.75) is 20.8 Å². The SMILES string of the molecule is CC(C)(C)CNS[C]=O. The van der Waals surface area contributed by atoms with Gasteiger partial charge < -0.3 is 0 Å². The second-order valence-electron chi connectivity index (χ2n) is 3.07. The molecule has 2 nitrogen and oxygen atoms in total. The fourth-order valence-electron chi connectivity index (χ4n) is 0.282. The summed E-state index contributed by atoms with van der Waals surface area (Å²) < 4.78 is 2.87. The monoisotopic (exact) mass is 146 g/mol. The van der Waals surface area contributed by atoms with Crippen LogP contribution >= 0.6 is 11.9 Å². The van der Waals surface area contributed by atoms with Crippen LogP contribution in [0.5, 0.6) is 0 Å². The molecular weight excluding hydrogens is 134 g/mol. The second kappa shape index (κ2) is 3.90. The minimum atomic E-state index is 0.240. The van der Waals surface area contributed by atoms with Gasteiger partial charge in [-0.05, 0) is 5.41 Å². The maximum Gasteiger partial charge on any atom is 0.282 e. The van der Waals surface area contributed by atoms with Crippen LogP contribution in [0.4, 0.5) is 0 Å². The van der Waals surface area contributed by atoms with E-state index in [4.69, 9.17) is 0 Å². The Morgan fingerprint density at radius 2 is 2.11 bits per heavy atom. The molecule has 0 fully saturated rings. The smallest absolute Gasteiger partial charge is 0.276 e. The third kappa shape index (κ3) is 7.98. The Morgan fingerprint density at radius 3 is 2.44 bits per heavy atom. The van der Waals surface area contributed by atoms with Gasteiger partial charge in [-0.2, -0.15) is 0 Å². The van der Waals surface area contributed by atoms with Crippen molar-refractivity contribution < 1.29 is 4.79 Å². The first-order valence-electron chi connectivity index (χ1n) is 2.82. The van der Waals surface area contributed by atoms with Crippen LogP contribution in [-0.2, 0) is 4.79 Å². The molecule has 3 heteroatoms. The van der Waals surface area contributed by atoms with Crippen LogP contribution < -0.4 is 4.72 Å². The molecule has 0 aliphatic heterocycles. The molecule has 1 N–H and O–H groups in total. The molecular formula is C6H12NOS. The van der Waals surface area contributed by atoms with Gasteiger partial charge in [0, 0.05) is 18.5 Å². The van der Waals surface area contributed by atoms with Gasteiger partial charge in [0.15, 0.2) is 0 Å². The van der Waals surface area contributed by atoms with E-state index < -0.39 is 0 Å². The Balaban J connectivity index is 3.17. The van der Waals surface area contributed by atoms with E-state index in [2.05, 4.69) is 25.5 Å². The largest absolute Gasteiger partial charge is 0.282 e. The minimum absolute atomic E-state index is 0.240. The molecule has 0 amide bonds. The fraction of sp³-hybridized carbons (Fsp3) is 0.833. The summed E-state index contributed by atoms with van der Waals surface area (Å²) in [5.74, 6) is 0. The van der Waals surface area contributed by atoms with E-state index in [-0.39, 0.29) is 5.41 Å². The van der Waals surface area contributed by atoms with Gasteiger partial charge in [0.2, 0.25) is 0 Å². The quantitative estimate of drug-likeness (QED) is 0.481. The maximum atomic E-state index is 9.67. The number of carbonyl (C=O) groups excluding carboxylic acids is 1. The van der Waals surface area contributed by atoms with Crippen LogP contribution in [0.1, 0.15) is 20.8 Å². The van der Waals surface area contributed by atoms with E-state index in [0.29, 0.717) is 0 Å². The Hall–Kier alpha value is -0.0200. The zero-order chi connectivity index (χ0) is 7.33. The highest BCUT2D eigenvalue weighted by Gasteiger charge is 2.08. The summed E-state index contributed by atoms with van der Waals surface area (Å²) >= 11 is 0.979. The summed E-state index contributed by atoms with van der Waals surface area (Å²) in [5, 5.41) is 0. The summed E-state index contributed by atoms with van der Waals surface area (Å²) in [5.41, 5.74) is 1.94. The average molecular weight is 146 g/mol. The van der Waals surface area contributed by atoms with Crippen LogP contribution in [0.2, 0.25) is 0 Å². The van der Waals surface area contributed by atoms with Crippen molar-refractivity contribution in [2.75, 3.05) is 6.54 Å². The Bertz CT molecular complexity index is 87.5. The molecule has 0 aliphatic carbocycles.